The number of nitrogens with one attached hydrogen (secondary N) is 1. The lowest BCUT2D eigenvalue weighted by molar-refractivity contribution is -0.126. The standard InChI is InChI=1S/C24H29Cl2N3O6/c1-6-32-17-10-11-18(33-7-2)22(20(17)26)29-28-21(14(5)30)24(31)27-16-12-15(25)13-19(34-8-3)23(16)35-9-4/h10-13,21H,6-9H2,1-5H3,(H,27,31). The first-order valence-corrected chi connectivity index (χ1v) is 11.9. The molecule has 9 nitrogen and oxygen atoms in total. The van der Waals surface area contributed by atoms with E-state index < -0.39 is 17.7 Å². The minimum atomic E-state index is -1.47. The SMILES string of the molecule is CCOc1ccc(OCC)c(N=NC(C(C)=O)C(=O)Nc2cc(Cl)cc(OCC)c2OCC)c1Cl. The van der Waals surface area contributed by atoms with Gasteiger partial charge in [-0.15, -0.1) is 5.11 Å². The molecule has 190 valence electrons. The maximum atomic E-state index is 13.1. The topological polar surface area (TPSA) is 108 Å². The summed E-state index contributed by atoms with van der Waals surface area (Å²) in [5.74, 6) is 0.0890. The fourth-order valence-electron chi connectivity index (χ4n) is 3.01. The lowest BCUT2D eigenvalue weighted by atomic mass is 10.2. The predicted molar refractivity (Wildman–Crippen MR) is 135 cm³/mol. The molecule has 1 N–H and O–H groups in total. The molecule has 1 atom stereocenters. The molecule has 0 aliphatic rings. The highest BCUT2D eigenvalue weighted by atomic mass is 35.5. The molecule has 0 spiro atoms. The zero-order valence-corrected chi connectivity index (χ0v) is 21.8. The highest BCUT2D eigenvalue weighted by Gasteiger charge is 2.26. The minimum absolute atomic E-state index is 0.148. The number of benzene rings is 2. The third kappa shape index (κ3) is 7.47. The van der Waals surface area contributed by atoms with E-state index in [9.17, 15) is 9.59 Å². The van der Waals surface area contributed by atoms with Crippen LogP contribution in [0.5, 0.6) is 23.0 Å². The minimum Gasteiger partial charge on any atom is -0.492 e. The number of azo groups is 1. The Kier molecular flexibility index (Phi) is 11.1. The van der Waals surface area contributed by atoms with E-state index in [1.165, 1.54) is 13.0 Å². The molecule has 0 fully saturated rings. The summed E-state index contributed by atoms with van der Waals surface area (Å²) < 4.78 is 22.3. The molecule has 35 heavy (non-hydrogen) atoms. The predicted octanol–water partition coefficient (Wildman–Crippen LogP) is 6.27. The number of hydrogen-bond acceptors (Lipinski definition) is 8. The lowest BCUT2D eigenvalue weighted by Gasteiger charge is -2.17. The van der Waals surface area contributed by atoms with Crippen LogP contribution in [0, 0.1) is 0 Å². The van der Waals surface area contributed by atoms with Crippen molar-refractivity contribution < 1.29 is 28.5 Å². The number of halogens is 2. The fourth-order valence-corrected chi connectivity index (χ4v) is 3.47. The Morgan fingerprint density at radius 1 is 0.886 bits per heavy atom. The van der Waals surface area contributed by atoms with Crippen LogP contribution in [0.3, 0.4) is 0 Å². The molecule has 0 aromatic heterocycles. The Labute approximate surface area is 214 Å². The van der Waals surface area contributed by atoms with Gasteiger partial charge in [-0.1, -0.05) is 23.2 Å². The molecule has 1 unspecified atom stereocenters. The molecule has 0 radical (unpaired) electrons. The Hall–Kier alpha value is -3.04. The van der Waals surface area contributed by atoms with Crippen LogP contribution in [-0.4, -0.2) is 44.2 Å². The Balaban J connectivity index is 2.43. The van der Waals surface area contributed by atoms with Gasteiger partial charge in [-0.05, 0) is 52.8 Å². The van der Waals surface area contributed by atoms with Crippen LogP contribution in [-0.2, 0) is 9.59 Å². The number of carbonyl (C=O) groups is 2. The average Bonchev–Trinajstić information content (AvgIpc) is 2.80. The fraction of sp³-hybridized carbons (Fsp3) is 0.417. The molecule has 11 heteroatoms. The van der Waals surface area contributed by atoms with Crippen molar-refractivity contribution in [2.75, 3.05) is 31.7 Å². The highest BCUT2D eigenvalue weighted by molar-refractivity contribution is 6.34. The third-order valence-electron chi connectivity index (χ3n) is 4.42. The van der Waals surface area contributed by atoms with Crippen LogP contribution in [0.25, 0.3) is 0 Å². The van der Waals surface area contributed by atoms with E-state index >= 15 is 0 Å². The molecule has 0 aliphatic heterocycles. The van der Waals surface area contributed by atoms with E-state index in [1.807, 2.05) is 13.8 Å². The van der Waals surface area contributed by atoms with E-state index in [1.54, 1.807) is 32.0 Å². The first-order valence-electron chi connectivity index (χ1n) is 11.2. The van der Waals surface area contributed by atoms with Crippen LogP contribution >= 0.6 is 23.2 Å². The Bertz CT molecular complexity index is 1080. The van der Waals surface area contributed by atoms with Crippen LogP contribution in [0.15, 0.2) is 34.5 Å². The van der Waals surface area contributed by atoms with Crippen molar-refractivity contribution in [1.82, 2.24) is 0 Å². The van der Waals surface area contributed by atoms with Crippen molar-refractivity contribution in [2.24, 2.45) is 10.2 Å². The van der Waals surface area contributed by atoms with Gasteiger partial charge in [0.25, 0.3) is 5.91 Å². The second-order valence-corrected chi connectivity index (χ2v) is 7.77. The molecular weight excluding hydrogens is 497 g/mol. The Morgan fingerprint density at radius 3 is 2.06 bits per heavy atom. The van der Waals surface area contributed by atoms with Crippen LogP contribution < -0.4 is 24.3 Å². The lowest BCUT2D eigenvalue weighted by Crippen LogP contribution is -2.32. The maximum absolute atomic E-state index is 13.1. The van der Waals surface area contributed by atoms with Crippen molar-refractivity contribution >= 4 is 46.3 Å². The van der Waals surface area contributed by atoms with Crippen molar-refractivity contribution in [1.29, 1.82) is 0 Å². The summed E-state index contributed by atoms with van der Waals surface area (Å²) in [5, 5.41) is 11.2. The van der Waals surface area contributed by atoms with Crippen molar-refractivity contribution in [3.63, 3.8) is 0 Å². The molecular formula is C24H29Cl2N3O6. The summed E-state index contributed by atoms with van der Waals surface area (Å²) in [6, 6.07) is 4.89. The number of ketones is 1. The van der Waals surface area contributed by atoms with Gasteiger partial charge in [0.15, 0.2) is 17.3 Å². The molecule has 1 amide bonds. The van der Waals surface area contributed by atoms with Crippen molar-refractivity contribution in [3.8, 4) is 23.0 Å². The van der Waals surface area contributed by atoms with Gasteiger partial charge in [0.05, 0.1) is 32.1 Å². The molecule has 2 aromatic carbocycles. The number of nitrogens with zero attached hydrogens (tertiary/aromatic N) is 2. The molecule has 2 aromatic rings. The largest absolute Gasteiger partial charge is 0.492 e. The van der Waals surface area contributed by atoms with E-state index in [0.717, 1.165) is 0 Å². The second kappa shape index (κ2) is 13.7. The molecule has 0 heterocycles. The third-order valence-corrected chi connectivity index (χ3v) is 5.00. The summed E-state index contributed by atoms with van der Waals surface area (Å²) in [4.78, 5) is 25.4. The van der Waals surface area contributed by atoms with E-state index in [2.05, 4.69) is 15.5 Å². The van der Waals surface area contributed by atoms with E-state index in [-0.39, 0.29) is 22.1 Å². The summed E-state index contributed by atoms with van der Waals surface area (Å²) >= 11 is 12.6. The number of rotatable bonds is 13. The quantitative estimate of drug-likeness (QED) is 0.244. The van der Waals surface area contributed by atoms with Gasteiger partial charge in [-0.2, -0.15) is 5.11 Å². The zero-order valence-electron chi connectivity index (χ0n) is 20.3. The van der Waals surface area contributed by atoms with Gasteiger partial charge in [0.2, 0.25) is 6.04 Å². The normalized spacial score (nSPS) is 11.7. The van der Waals surface area contributed by atoms with Gasteiger partial charge < -0.3 is 24.3 Å². The first-order chi connectivity index (χ1) is 16.8. The van der Waals surface area contributed by atoms with Crippen LogP contribution in [0.1, 0.15) is 34.6 Å². The van der Waals surface area contributed by atoms with Gasteiger partial charge in [0.1, 0.15) is 22.2 Å². The zero-order chi connectivity index (χ0) is 26.0. The highest BCUT2D eigenvalue weighted by Crippen LogP contribution is 2.42. The molecule has 0 bridgehead atoms. The number of hydrogen-bond donors (Lipinski definition) is 1. The molecule has 0 saturated carbocycles. The summed E-state index contributed by atoms with van der Waals surface area (Å²) in [7, 11) is 0. The second-order valence-electron chi connectivity index (χ2n) is 6.95. The van der Waals surface area contributed by atoms with Crippen molar-refractivity contribution in [3.05, 3.63) is 34.3 Å². The van der Waals surface area contributed by atoms with E-state index in [0.29, 0.717) is 48.7 Å². The van der Waals surface area contributed by atoms with Crippen molar-refractivity contribution in [2.45, 2.75) is 40.7 Å². The van der Waals surface area contributed by atoms with E-state index in [4.69, 9.17) is 42.1 Å². The van der Waals surface area contributed by atoms with Crippen LogP contribution in [0.4, 0.5) is 11.4 Å². The molecule has 2 rings (SSSR count). The number of amides is 1. The summed E-state index contributed by atoms with van der Waals surface area (Å²) in [6.45, 7) is 9.85. The van der Waals surface area contributed by atoms with Gasteiger partial charge in [-0.25, -0.2) is 0 Å². The van der Waals surface area contributed by atoms with Crippen LogP contribution in [0.2, 0.25) is 10.0 Å². The number of carbonyl (C=O) groups excluding carboxylic acids is 2. The molecule has 0 saturated heterocycles. The summed E-state index contributed by atoms with van der Waals surface area (Å²) in [6.07, 6.45) is 0. The van der Waals surface area contributed by atoms with Gasteiger partial charge >= 0.3 is 0 Å². The maximum Gasteiger partial charge on any atom is 0.258 e. The van der Waals surface area contributed by atoms with Gasteiger partial charge in [-0.3, -0.25) is 9.59 Å². The number of Topliss-reactive ketones (excluding diaryl/α,β-unsaturated/α-hetero) is 1. The summed E-state index contributed by atoms with van der Waals surface area (Å²) in [5.41, 5.74) is 0.385. The molecule has 0 aliphatic carbocycles. The smallest absolute Gasteiger partial charge is 0.258 e. The Morgan fingerprint density at radius 2 is 1.46 bits per heavy atom. The number of ether oxygens (including phenoxy) is 4. The number of anilines is 1. The van der Waals surface area contributed by atoms with Gasteiger partial charge in [0, 0.05) is 11.1 Å². The monoisotopic (exact) mass is 525 g/mol. The first kappa shape index (κ1) is 28.2. The average molecular weight is 526 g/mol.